The minimum atomic E-state index is -1.25. The molecule has 10 aromatic rings. The smallest absolute Gasteiger partial charge is 0.261 e. The first-order valence-corrected chi connectivity index (χ1v) is 22.1. The van der Waals surface area contributed by atoms with Crippen molar-refractivity contribution in [3.8, 4) is 33.9 Å². The molecule has 4 bridgehead atoms. The fourth-order valence-electron chi connectivity index (χ4n) is 10.8. The first-order valence-electron chi connectivity index (χ1n) is 22.1. The van der Waals surface area contributed by atoms with E-state index in [0.717, 1.165) is 95.0 Å². The monoisotopic (exact) mass is 794 g/mol. The van der Waals surface area contributed by atoms with E-state index in [1.54, 1.807) is 0 Å². The van der Waals surface area contributed by atoms with E-state index in [4.69, 9.17) is 15.0 Å². The van der Waals surface area contributed by atoms with Crippen LogP contribution in [-0.4, -0.2) is 21.0 Å². The van der Waals surface area contributed by atoms with Gasteiger partial charge < -0.3 is 0 Å². The van der Waals surface area contributed by atoms with E-state index in [-0.39, 0.29) is 0 Å². The summed E-state index contributed by atoms with van der Waals surface area (Å²) in [5.74, 6) is -0.352. The van der Waals surface area contributed by atoms with Gasteiger partial charge in [-0.2, -0.15) is 0 Å². The quantitative estimate of drug-likeness (QED) is 0.164. The minimum absolute atomic E-state index is 0.884. The van der Waals surface area contributed by atoms with Gasteiger partial charge in [-0.05, 0) is 105 Å². The predicted molar refractivity (Wildman–Crippen MR) is 256 cm³/mol. The van der Waals surface area contributed by atoms with Gasteiger partial charge in [-0.15, -0.1) is 0 Å². The summed E-state index contributed by atoms with van der Waals surface area (Å²) in [5, 5.41) is 7.47. The third-order valence-electron chi connectivity index (χ3n) is 13.6. The molecule has 4 heteroatoms. The van der Waals surface area contributed by atoms with Crippen molar-refractivity contribution in [2.24, 2.45) is 9.98 Å². The Kier molecular flexibility index (Phi) is 7.87. The van der Waals surface area contributed by atoms with Crippen LogP contribution in [0.2, 0.25) is 0 Å². The molecule has 0 N–H and O–H groups in total. The van der Waals surface area contributed by atoms with E-state index in [2.05, 4.69) is 187 Å². The number of imidazole rings is 1. The third kappa shape index (κ3) is 5.36. The number of aryl methyl sites for hydroxylation is 4. The molecule has 4 heterocycles. The molecule has 0 aliphatic carbocycles. The molecule has 62 heavy (non-hydrogen) atoms. The number of fused-ring (bicyclic) bond motifs is 2. The number of aliphatic imine (C=N–C) groups is 2. The Morgan fingerprint density at radius 1 is 0.435 bits per heavy atom. The fraction of sp³-hybridized carbons (Fsp3) is 0.121. The molecule has 1 spiro atoms. The molecule has 1 aromatic heterocycles. The molecular weight excluding hydrogens is 753 g/mol. The molecule has 0 radical (unpaired) electrons. The van der Waals surface area contributed by atoms with Gasteiger partial charge in [0, 0.05) is 33.4 Å². The van der Waals surface area contributed by atoms with Crippen molar-refractivity contribution in [1.82, 2.24) is 9.55 Å². The largest absolute Gasteiger partial charge is 0.275 e. The second kappa shape index (κ2) is 13.8. The molecule has 0 fully saturated rings. The molecule has 3 aliphatic rings. The van der Waals surface area contributed by atoms with Gasteiger partial charge in [0.15, 0.2) is 0 Å². The molecule has 4 nitrogen and oxygen atoms in total. The summed E-state index contributed by atoms with van der Waals surface area (Å²) in [7, 11) is 0. The van der Waals surface area contributed by atoms with Crippen LogP contribution in [-0.2, 0) is 31.5 Å². The summed E-state index contributed by atoms with van der Waals surface area (Å²) < 4.78 is 2.45. The van der Waals surface area contributed by atoms with Crippen molar-refractivity contribution in [3.63, 3.8) is 0 Å². The van der Waals surface area contributed by atoms with Gasteiger partial charge in [0.25, 0.3) is 5.79 Å². The van der Waals surface area contributed by atoms with Crippen molar-refractivity contribution in [1.29, 1.82) is 0 Å². The molecule has 294 valence electrons. The summed E-state index contributed by atoms with van der Waals surface area (Å²) in [4.78, 5) is 18.3. The lowest BCUT2D eigenvalue weighted by Gasteiger charge is -2.33. The Hall–Kier alpha value is -7.43. The number of benzene rings is 9. The van der Waals surface area contributed by atoms with Crippen LogP contribution in [0, 0.1) is 0 Å². The van der Waals surface area contributed by atoms with Crippen molar-refractivity contribution in [2.45, 2.75) is 44.3 Å². The zero-order valence-electron chi connectivity index (χ0n) is 34.4. The molecule has 0 saturated carbocycles. The summed E-state index contributed by atoms with van der Waals surface area (Å²) in [6.45, 7) is 0. The molecule has 1 unspecified atom stereocenters. The number of rotatable bonds is 4. The van der Waals surface area contributed by atoms with E-state index in [1.165, 1.54) is 60.1 Å². The lowest BCUT2D eigenvalue weighted by Crippen LogP contribution is -2.33. The van der Waals surface area contributed by atoms with Gasteiger partial charge in [-0.3, -0.25) is 4.57 Å². The van der Waals surface area contributed by atoms with Crippen LogP contribution < -0.4 is 0 Å². The topological polar surface area (TPSA) is 42.5 Å². The van der Waals surface area contributed by atoms with Gasteiger partial charge in [-0.1, -0.05) is 170 Å². The summed E-state index contributed by atoms with van der Waals surface area (Å²) in [6, 6.07) is 67.0. The Balaban J connectivity index is 1.24. The van der Waals surface area contributed by atoms with E-state index < -0.39 is 5.79 Å². The van der Waals surface area contributed by atoms with Crippen LogP contribution in [0.4, 0.5) is 0 Å². The molecule has 13 rings (SSSR count). The van der Waals surface area contributed by atoms with Crippen LogP contribution in [0.5, 0.6) is 0 Å². The maximum atomic E-state index is 6.26. The van der Waals surface area contributed by atoms with Gasteiger partial charge in [-0.25, -0.2) is 15.0 Å². The van der Waals surface area contributed by atoms with Gasteiger partial charge in [0.05, 0.1) is 22.8 Å². The SMILES string of the molecule is c1ccc(C2=NC3(N=C2c2ccc4ccc5cccc6ccc2c4c56)c2cc4ccc2CCCc2ccc(cc2-c2nc(-c5ccccc5)c(-c5ccccc5)n23)CCC4)cc1. The van der Waals surface area contributed by atoms with E-state index in [9.17, 15) is 0 Å². The highest BCUT2D eigenvalue weighted by Crippen LogP contribution is 2.49. The lowest BCUT2D eigenvalue weighted by atomic mass is 9.88. The Bertz CT molecular complexity index is 3440. The highest BCUT2D eigenvalue weighted by molar-refractivity contribution is 6.56. The molecule has 9 aromatic carbocycles. The third-order valence-corrected chi connectivity index (χ3v) is 13.6. The van der Waals surface area contributed by atoms with Crippen molar-refractivity contribution in [2.75, 3.05) is 0 Å². The zero-order chi connectivity index (χ0) is 40.8. The van der Waals surface area contributed by atoms with Crippen molar-refractivity contribution >= 4 is 43.7 Å². The van der Waals surface area contributed by atoms with Gasteiger partial charge in [0.2, 0.25) is 0 Å². The number of hydrogen-bond acceptors (Lipinski definition) is 3. The molecular formula is C58H42N4. The van der Waals surface area contributed by atoms with E-state index >= 15 is 0 Å². The maximum absolute atomic E-state index is 6.26. The van der Waals surface area contributed by atoms with Crippen LogP contribution in [0.1, 0.15) is 51.8 Å². The zero-order valence-corrected chi connectivity index (χ0v) is 34.4. The van der Waals surface area contributed by atoms with E-state index in [0.29, 0.717) is 0 Å². The Labute approximate surface area is 360 Å². The van der Waals surface area contributed by atoms with Crippen LogP contribution >= 0.6 is 0 Å². The fourth-order valence-corrected chi connectivity index (χ4v) is 10.8. The molecule has 3 aliphatic heterocycles. The number of nitrogens with zero attached hydrogens (tertiary/aromatic N) is 4. The van der Waals surface area contributed by atoms with Gasteiger partial charge in [0.1, 0.15) is 5.82 Å². The molecule has 0 saturated heterocycles. The molecule has 1 atom stereocenters. The minimum Gasteiger partial charge on any atom is -0.275 e. The van der Waals surface area contributed by atoms with Crippen LogP contribution in [0.15, 0.2) is 192 Å². The summed E-state index contributed by atoms with van der Waals surface area (Å²) in [6.07, 6.45) is 5.90. The second-order valence-electron chi connectivity index (χ2n) is 17.3. The predicted octanol–water partition coefficient (Wildman–Crippen LogP) is 13.4. The summed E-state index contributed by atoms with van der Waals surface area (Å²) in [5.41, 5.74) is 15.5. The molecule has 0 amide bonds. The maximum Gasteiger partial charge on any atom is 0.261 e. The first-order chi connectivity index (χ1) is 30.7. The first kappa shape index (κ1) is 35.3. The average Bonchev–Trinajstić information content (AvgIpc) is 3.93. The van der Waals surface area contributed by atoms with E-state index in [1.807, 2.05) is 0 Å². The number of aromatic nitrogens is 2. The highest BCUT2D eigenvalue weighted by atomic mass is 15.4. The second-order valence-corrected chi connectivity index (χ2v) is 17.3. The van der Waals surface area contributed by atoms with Crippen molar-refractivity contribution < 1.29 is 0 Å². The number of hydrogen-bond donors (Lipinski definition) is 0. The van der Waals surface area contributed by atoms with Crippen LogP contribution in [0.25, 0.3) is 66.2 Å². The summed E-state index contributed by atoms with van der Waals surface area (Å²) >= 11 is 0. The average molecular weight is 795 g/mol. The Morgan fingerprint density at radius 2 is 1.03 bits per heavy atom. The van der Waals surface area contributed by atoms with Crippen LogP contribution in [0.3, 0.4) is 0 Å². The highest BCUT2D eigenvalue weighted by Gasteiger charge is 2.47. The van der Waals surface area contributed by atoms with Crippen molar-refractivity contribution in [3.05, 3.63) is 221 Å². The lowest BCUT2D eigenvalue weighted by molar-refractivity contribution is 0.403. The normalized spacial score (nSPS) is 16.9. The Morgan fingerprint density at radius 3 is 1.79 bits per heavy atom. The standard InChI is InChI=1S/C58H42N4/c1-4-15-44(16-5-1)53-55(48-34-32-43-30-29-41-23-12-24-42-31-33-47(48)52(43)51(41)42)61-58(60-53)50-36-38-14-10-13-37-25-27-39(21-11-22-40(50)28-26-38)49(35-37)57-59-54(45-17-6-2-7-18-45)56(62(57)58)46-19-8-3-9-20-46/h1-9,12,15-20,23-36H,10-11,13-14,21-22H2. The van der Waals surface area contributed by atoms with Gasteiger partial charge >= 0.3 is 0 Å².